The highest BCUT2D eigenvalue weighted by atomic mass is 19.1. The lowest BCUT2D eigenvalue weighted by Gasteiger charge is -2.35. The van der Waals surface area contributed by atoms with Crippen LogP contribution in [-0.2, 0) is 4.79 Å². The van der Waals surface area contributed by atoms with Crippen LogP contribution in [0.5, 0.6) is 0 Å². The molecule has 0 aliphatic carbocycles. The summed E-state index contributed by atoms with van der Waals surface area (Å²) in [5, 5.41) is 0. The van der Waals surface area contributed by atoms with Gasteiger partial charge in [0.15, 0.2) is 0 Å². The highest BCUT2D eigenvalue weighted by Gasteiger charge is 2.30. The van der Waals surface area contributed by atoms with Crippen LogP contribution in [0.1, 0.15) is 32.6 Å². The Hall–Kier alpha value is -0.640. The lowest BCUT2D eigenvalue weighted by Crippen LogP contribution is -2.46. The molecule has 2 heterocycles. The number of rotatable bonds is 3. The number of amides is 1. The third kappa shape index (κ3) is 2.94. The molecule has 2 fully saturated rings. The van der Waals surface area contributed by atoms with E-state index in [0.717, 1.165) is 39.0 Å². The summed E-state index contributed by atoms with van der Waals surface area (Å²) in [7, 11) is 0. The van der Waals surface area contributed by atoms with E-state index in [1.807, 2.05) is 4.90 Å². The summed E-state index contributed by atoms with van der Waals surface area (Å²) in [6, 6.07) is 0. The van der Waals surface area contributed by atoms with Crippen molar-refractivity contribution < 1.29 is 9.18 Å². The second-order valence-corrected chi connectivity index (χ2v) is 5.28. The van der Waals surface area contributed by atoms with Gasteiger partial charge in [-0.05, 0) is 32.7 Å². The van der Waals surface area contributed by atoms with Crippen molar-refractivity contribution in [2.45, 2.75) is 38.3 Å². The molecule has 0 aromatic rings. The van der Waals surface area contributed by atoms with Gasteiger partial charge in [-0.1, -0.05) is 0 Å². The molecule has 3 nitrogen and oxygen atoms in total. The van der Waals surface area contributed by atoms with Crippen LogP contribution in [0.15, 0.2) is 0 Å². The maximum atomic E-state index is 13.8. The Kier molecular flexibility index (Phi) is 3.47. The maximum Gasteiger partial charge on any atom is 0.222 e. The van der Waals surface area contributed by atoms with Crippen LogP contribution in [0.25, 0.3) is 0 Å². The second-order valence-electron chi connectivity index (χ2n) is 5.28. The van der Waals surface area contributed by atoms with E-state index in [9.17, 15) is 9.18 Å². The summed E-state index contributed by atoms with van der Waals surface area (Å²) in [6.07, 6.45) is 3.29. The number of nitrogens with zero attached hydrogens (tertiary/aromatic N) is 2. The van der Waals surface area contributed by atoms with Gasteiger partial charge in [0.1, 0.15) is 5.67 Å². The van der Waals surface area contributed by atoms with E-state index in [1.165, 1.54) is 0 Å². The fourth-order valence-electron chi connectivity index (χ4n) is 2.69. The average Bonchev–Trinajstić information content (AvgIpc) is 2.60. The molecule has 2 saturated heterocycles. The summed E-state index contributed by atoms with van der Waals surface area (Å²) in [5.41, 5.74) is -1.03. The Balaban J connectivity index is 1.75. The van der Waals surface area contributed by atoms with E-state index in [2.05, 4.69) is 4.90 Å². The molecule has 0 bridgehead atoms. The van der Waals surface area contributed by atoms with Crippen LogP contribution in [-0.4, -0.2) is 54.1 Å². The number of carbonyl (C=O) groups excluding carboxylic acids is 1. The molecule has 0 saturated carbocycles. The van der Waals surface area contributed by atoms with Crippen LogP contribution in [0.4, 0.5) is 4.39 Å². The molecule has 0 spiro atoms. The lowest BCUT2D eigenvalue weighted by molar-refractivity contribution is -0.127. The van der Waals surface area contributed by atoms with Gasteiger partial charge in [0, 0.05) is 32.6 Å². The van der Waals surface area contributed by atoms with Gasteiger partial charge >= 0.3 is 0 Å². The van der Waals surface area contributed by atoms with Crippen molar-refractivity contribution >= 4 is 5.91 Å². The Morgan fingerprint density at radius 2 is 2.12 bits per heavy atom. The minimum absolute atomic E-state index is 0.264. The molecule has 1 atom stereocenters. The zero-order valence-corrected chi connectivity index (χ0v) is 10.0. The number of piperidine rings is 1. The smallest absolute Gasteiger partial charge is 0.222 e. The van der Waals surface area contributed by atoms with Crippen molar-refractivity contribution in [2.75, 3.05) is 32.7 Å². The van der Waals surface area contributed by atoms with Gasteiger partial charge in [-0.2, -0.15) is 0 Å². The summed E-state index contributed by atoms with van der Waals surface area (Å²) in [4.78, 5) is 15.5. The number of hydrogen-bond acceptors (Lipinski definition) is 2. The van der Waals surface area contributed by atoms with E-state index < -0.39 is 5.67 Å². The maximum absolute atomic E-state index is 13.8. The quantitative estimate of drug-likeness (QED) is 0.729. The third-order valence-electron chi connectivity index (χ3n) is 3.58. The fourth-order valence-corrected chi connectivity index (χ4v) is 2.69. The van der Waals surface area contributed by atoms with Crippen LogP contribution in [0.3, 0.4) is 0 Å². The second kappa shape index (κ2) is 4.70. The van der Waals surface area contributed by atoms with Gasteiger partial charge in [0.05, 0.1) is 0 Å². The molecule has 16 heavy (non-hydrogen) atoms. The molecule has 2 aliphatic heterocycles. The molecule has 0 radical (unpaired) electrons. The number of hydrogen-bond donors (Lipinski definition) is 0. The first-order valence-electron chi connectivity index (χ1n) is 6.26. The molecule has 0 aromatic heterocycles. The van der Waals surface area contributed by atoms with E-state index in [1.54, 1.807) is 6.92 Å². The van der Waals surface area contributed by atoms with Crippen LogP contribution < -0.4 is 0 Å². The van der Waals surface area contributed by atoms with Crippen molar-refractivity contribution in [3.8, 4) is 0 Å². The van der Waals surface area contributed by atoms with Gasteiger partial charge in [-0.15, -0.1) is 0 Å². The minimum Gasteiger partial charge on any atom is -0.341 e. The van der Waals surface area contributed by atoms with Gasteiger partial charge in [0.2, 0.25) is 5.91 Å². The normalized spacial score (nSPS) is 32.4. The Bertz CT molecular complexity index is 268. The number of alkyl halides is 1. The van der Waals surface area contributed by atoms with Crippen molar-refractivity contribution in [3.05, 3.63) is 0 Å². The third-order valence-corrected chi connectivity index (χ3v) is 3.58. The van der Waals surface area contributed by atoms with E-state index >= 15 is 0 Å². The van der Waals surface area contributed by atoms with Gasteiger partial charge in [-0.3, -0.25) is 9.69 Å². The van der Waals surface area contributed by atoms with Crippen molar-refractivity contribution in [1.29, 1.82) is 0 Å². The molecule has 4 heteroatoms. The largest absolute Gasteiger partial charge is 0.341 e. The van der Waals surface area contributed by atoms with Gasteiger partial charge < -0.3 is 4.90 Å². The molecule has 0 unspecified atom stereocenters. The van der Waals surface area contributed by atoms with Crippen LogP contribution in [0, 0.1) is 0 Å². The predicted octanol–water partition coefficient (Wildman–Crippen LogP) is 1.43. The van der Waals surface area contributed by atoms with Crippen molar-refractivity contribution in [3.63, 3.8) is 0 Å². The lowest BCUT2D eigenvalue weighted by atomic mass is 9.97. The number of halogens is 1. The predicted molar refractivity (Wildman–Crippen MR) is 61.0 cm³/mol. The van der Waals surface area contributed by atoms with Crippen molar-refractivity contribution in [1.82, 2.24) is 9.80 Å². The number of carbonyl (C=O) groups is 1. The molecule has 0 N–H and O–H groups in total. The average molecular weight is 228 g/mol. The topological polar surface area (TPSA) is 23.6 Å². The summed E-state index contributed by atoms with van der Waals surface area (Å²) in [5.74, 6) is 0.264. The van der Waals surface area contributed by atoms with E-state index in [-0.39, 0.29) is 5.91 Å². The fraction of sp³-hybridized carbons (Fsp3) is 0.917. The van der Waals surface area contributed by atoms with Crippen molar-refractivity contribution in [2.24, 2.45) is 0 Å². The highest BCUT2D eigenvalue weighted by Crippen LogP contribution is 2.24. The minimum atomic E-state index is -1.03. The first-order valence-corrected chi connectivity index (χ1v) is 6.26. The Labute approximate surface area is 96.6 Å². The van der Waals surface area contributed by atoms with E-state index in [0.29, 0.717) is 19.4 Å². The Morgan fingerprint density at radius 1 is 1.31 bits per heavy atom. The molecule has 0 aromatic carbocycles. The van der Waals surface area contributed by atoms with Crippen LogP contribution >= 0.6 is 0 Å². The SMILES string of the molecule is C[C@]1(F)CCCN(CCN2CCCC2=O)C1. The zero-order valence-electron chi connectivity index (χ0n) is 10.0. The van der Waals surface area contributed by atoms with Crippen LogP contribution in [0.2, 0.25) is 0 Å². The standard InChI is InChI=1S/C12H21FN2O/c1-12(13)5-3-6-14(10-12)8-9-15-7-2-4-11(15)16/h2-10H2,1H3/t12-/m0/s1. The summed E-state index contributed by atoms with van der Waals surface area (Å²) < 4.78 is 13.8. The molecule has 2 aliphatic rings. The highest BCUT2D eigenvalue weighted by molar-refractivity contribution is 5.78. The monoisotopic (exact) mass is 228 g/mol. The summed E-state index contributed by atoms with van der Waals surface area (Å²) >= 11 is 0. The zero-order chi connectivity index (χ0) is 11.6. The van der Waals surface area contributed by atoms with E-state index in [4.69, 9.17) is 0 Å². The summed E-state index contributed by atoms with van der Waals surface area (Å²) in [6.45, 7) is 5.66. The first-order chi connectivity index (χ1) is 7.57. The number of likely N-dealkylation sites (tertiary alicyclic amines) is 2. The Morgan fingerprint density at radius 3 is 2.75 bits per heavy atom. The molecular formula is C12H21FN2O. The van der Waals surface area contributed by atoms with Gasteiger partial charge in [-0.25, -0.2) is 4.39 Å². The molecular weight excluding hydrogens is 207 g/mol. The molecule has 2 rings (SSSR count). The molecule has 1 amide bonds. The molecule has 92 valence electrons. The first kappa shape index (κ1) is 11.8. The van der Waals surface area contributed by atoms with Gasteiger partial charge in [0.25, 0.3) is 0 Å².